The first-order valence-corrected chi connectivity index (χ1v) is 11.7. The summed E-state index contributed by atoms with van der Waals surface area (Å²) in [5, 5.41) is 18.2. The molecule has 4 heterocycles. The summed E-state index contributed by atoms with van der Waals surface area (Å²) in [6.07, 6.45) is 11.9. The second-order valence-electron chi connectivity index (χ2n) is 8.84. The Balaban J connectivity index is 1.26. The maximum atomic E-state index is 14.3. The van der Waals surface area contributed by atoms with Crippen molar-refractivity contribution in [3.63, 3.8) is 0 Å². The van der Waals surface area contributed by atoms with E-state index >= 15 is 0 Å². The van der Waals surface area contributed by atoms with E-state index < -0.39 is 0 Å². The number of pyridine rings is 2. The van der Waals surface area contributed by atoms with E-state index in [4.69, 9.17) is 5.41 Å². The maximum Gasteiger partial charge on any atom is 0.274 e. The molecule has 0 atom stereocenters. The van der Waals surface area contributed by atoms with Crippen LogP contribution in [0.3, 0.4) is 0 Å². The van der Waals surface area contributed by atoms with Crippen LogP contribution in [0.4, 0.5) is 10.1 Å². The molecular weight excluding hydrogens is 421 g/mol. The zero-order valence-corrected chi connectivity index (χ0v) is 19.1. The number of fused-ring (bicyclic) bond motifs is 1. The molecule has 33 heavy (non-hydrogen) atoms. The summed E-state index contributed by atoms with van der Waals surface area (Å²) in [6.45, 7) is 3.74. The van der Waals surface area contributed by atoms with Crippen LogP contribution in [0, 0.1) is 17.1 Å². The summed E-state index contributed by atoms with van der Waals surface area (Å²) in [5.41, 5.74) is 2.43. The van der Waals surface area contributed by atoms with Crippen LogP contribution in [0.2, 0.25) is 0 Å². The molecule has 0 unspecified atom stereocenters. The van der Waals surface area contributed by atoms with E-state index in [-0.39, 0.29) is 11.4 Å². The first kappa shape index (κ1) is 23.1. The second kappa shape index (κ2) is 10.7. The van der Waals surface area contributed by atoms with Gasteiger partial charge in [0.05, 0.1) is 0 Å². The number of nitrogens with zero attached hydrogens (tertiary/aromatic N) is 5. The van der Waals surface area contributed by atoms with Gasteiger partial charge in [0.15, 0.2) is 5.65 Å². The molecule has 1 saturated heterocycles. The zero-order chi connectivity index (χ0) is 23.2. The topological polar surface area (TPSA) is 91.3 Å². The maximum absolute atomic E-state index is 14.3. The van der Waals surface area contributed by atoms with Gasteiger partial charge in [-0.25, -0.2) is 4.39 Å². The van der Waals surface area contributed by atoms with Crippen molar-refractivity contribution in [1.82, 2.24) is 24.1 Å². The number of halogens is 1. The van der Waals surface area contributed by atoms with Gasteiger partial charge in [-0.1, -0.05) is 0 Å². The second-order valence-corrected chi connectivity index (χ2v) is 8.84. The molecule has 9 heteroatoms. The third-order valence-corrected chi connectivity index (χ3v) is 6.62. The number of nitrogens with one attached hydrogen (secondary N) is 2. The van der Waals surface area contributed by atoms with Crippen LogP contribution in [0.5, 0.6) is 0 Å². The average molecular weight is 454 g/mol. The van der Waals surface area contributed by atoms with Crippen LogP contribution in [0.1, 0.15) is 43.2 Å². The summed E-state index contributed by atoms with van der Waals surface area (Å²) in [7, 11) is 1.72. The highest BCUT2D eigenvalue weighted by Crippen LogP contribution is 2.21. The molecule has 0 aromatic carbocycles. The molecule has 176 valence electrons. The fraction of sp³-hybridized carbons (Fsp3) is 0.500. The minimum Gasteiger partial charge on any atom is -0.383 e. The van der Waals surface area contributed by atoms with Crippen molar-refractivity contribution in [2.45, 2.75) is 45.1 Å². The van der Waals surface area contributed by atoms with Gasteiger partial charge in [-0.3, -0.25) is 9.20 Å². The lowest BCUT2D eigenvalue weighted by Crippen LogP contribution is -2.32. The standard InChI is InChI=1S/C24H32FN7O/c1-27-23-20(14-26)8-12-31(24(23)33)15-18-5-2-9-30(10-3-6-18)11-4-7-19-13-22-29-28-17-32(22)16-21(19)25/h8,12-14,16-18,26-27H,2-7,9-11,15H2,1H3. The predicted octanol–water partition coefficient (Wildman–Crippen LogP) is 3.19. The van der Waals surface area contributed by atoms with Gasteiger partial charge in [-0.2, -0.15) is 0 Å². The first-order valence-electron chi connectivity index (χ1n) is 11.7. The SMILES string of the molecule is CNc1c(C=N)ccn(CC2CCCN(CCCc3cc4nncn4cc3F)CCC2)c1=O. The molecule has 0 spiro atoms. The van der Waals surface area contributed by atoms with E-state index in [0.29, 0.717) is 34.8 Å². The van der Waals surface area contributed by atoms with Gasteiger partial charge in [0.2, 0.25) is 0 Å². The van der Waals surface area contributed by atoms with Crippen LogP contribution in [0.15, 0.2) is 35.6 Å². The Morgan fingerprint density at radius 2 is 2.09 bits per heavy atom. The van der Waals surface area contributed by atoms with Crippen molar-refractivity contribution in [2.75, 3.05) is 32.0 Å². The molecule has 0 saturated carbocycles. The first-order chi connectivity index (χ1) is 16.1. The molecule has 0 amide bonds. The van der Waals surface area contributed by atoms with E-state index in [1.165, 1.54) is 18.7 Å². The number of hydrogen-bond acceptors (Lipinski definition) is 6. The lowest BCUT2D eigenvalue weighted by Gasteiger charge is -2.28. The van der Waals surface area contributed by atoms with Crippen LogP contribution in [0.25, 0.3) is 5.65 Å². The van der Waals surface area contributed by atoms with Gasteiger partial charge in [0.1, 0.15) is 17.8 Å². The number of rotatable bonds is 8. The normalized spacial score (nSPS) is 15.9. The fourth-order valence-corrected chi connectivity index (χ4v) is 4.82. The highest BCUT2D eigenvalue weighted by atomic mass is 19.1. The number of hydrogen-bond donors (Lipinski definition) is 2. The van der Waals surface area contributed by atoms with Crippen molar-refractivity contribution in [1.29, 1.82) is 5.41 Å². The van der Waals surface area contributed by atoms with E-state index in [9.17, 15) is 9.18 Å². The van der Waals surface area contributed by atoms with Crippen molar-refractivity contribution < 1.29 is 4.39 Å². The fourth-order valence-electron chi connectivity index (χ4n) is 4.82. The smallest absolute Gasteiger partial charge is 0.274 e. The largest absolute Gasteiger partial charge is 0.383 e. The Labute approximate surface area is 193 Å². The molecule has 3 aromatic heterocycles. The van der Waals surface area contributed by atoms with Crippen LogP contribution in [-0.4, -0.2) is 57.0 Å². The monoisotopic (exact) mass is 453 g/mol. The van der Waals surface area contributed by atoms with Crippen molar-refractivity contribution in [3.05, 3.63) is 58.2 Å². The lowest BCUT2D eigenvalue weighted by atomic mass is 9.95. The molecule has 8 nitrogen and oxygen atoms in total. The van der Waals surface area contributed by atoms with E-state index in [0.717, 1.165) is 58.3 Å². The van der Waals surface area contributed by atoms with Gasteiger partial charge >= 0.3 is 0 Å². The van der Waals surface area contributed by atoms with E-state index in [1.807, 2.05) is 12.3 Å². The van der Waals surface area contributed by atoms with Crippen LogP contribution < -0.4 is 10.9 Å². The average Bonchev–Trinajstić information content (AvgIpc) is 3.24. The zero-order valence-electron chi connectivity index (χ0n) is 19.1. The molecule has 2 N–H and O–H groups in total. The van der Waals surface area contributed by atoms with Gasteiger partial charge in [-0.05, 0) is 81.8 Å². The molecular formula is C24H32FN7O. The summed E-state index contributed by atoms with van der Waals surface area (Å²) in [6, 6.07) is 3.62. The number of aromatic nitrogens is 4. The minimum atomic E-state index is -0.205. The molecule has 4 rings (SSSR count). The van der Waals surface area contributed by atoms with Gasteiger partial charge in [0, 0.05) is 37.8 Å². The Hall–Kier alpha value is -3.07. The molecule has 0 radical (unpaired) electrons. The summed E-state index contributed by atoms with van der Waals surface area (Å²) in [4.78, 5) is 15.2. The molecule has 1 aliphatic heterocycles. The number of likely N-dealkylation sites (tertiary alicyclic amines) is 1. The van der Waals surface area contributed by atoms with Gasteiger partial charge in [-0.15, -0.1) is 10.2 Å². The molecule has 1 fully saturated rings. The number of aryl methyl sites for hydroxylation is 1. The Bertz CT molecular complexity index is 1150. The highest BCUT2D eigenvalue weighted by molar-refractivity contribution is 5.85. The molecule has 0 aliphatic carbocycles. The van der Waals surface area contributed by atoms with E-state index in [2.05, 4.69) is 20.4 Å². The van der Waals surface area contributed by atoms with Crippen LogP contribution in [-0.2, 0) is 13.0 Å². The Kier molecular flexibility index (Phi) is 7.49. The third kappa shape index (κ3) is 5.47. The van der Waals surface area contributed by atoms with Crippen molar-refractivity contribution >= 4 is 17.5 Å². The van der Waals surface area contributed by atoms with Crippen LogP contribution >= 0.6 is 0 Å². The Morgan fingerprint density at radius 3 is 2.82 bits per heavy atom. The lowest BCUT2D eigenvalue weighted by molar-refractivity contribution is 0.214. The quantitative estimate of drug-likeness (QED) is 0.511. The van der Waals surface area contributed by atoms with Crippen molar-refractivity contribution in [3.8, 4) is 0 Å². The van der Waals surface area contributed by atoms with Crippen molar-refractivity contribution in [2.24, 2.45) is 5.92 Å². The van der Waals surface area contributed by atoms with E-state index in [1.54, 1.807) is 22.1 Å². The molecule has 3 aromatic rings. The van der Waals surface area contributed by atoms with Gasteiger partial charge in [0.25, 0.3) is 5.56 Å². The summed E-state index contributed by atoms with van der Waals surface area (Å²) in [5.74, 6) is 0.271. The van der Waals surface area contributed by atoms with Gasteiger partial charge < -0.3 is 20.2 Å². The highest BCUT2D eigenvalue weighted by Gasteiger charge is 2.17. The molecule has 1 aliphatic rings. The summed E-state index contributed by atoms with van der Waals surface area (Å²) < 4.78 is 17.7. The Morgan fingerprint density at radius 1 is 1.30 bits per heavy atom. The molecule has 0 bridgehead atoms. The predicted molar refractivity (Wildman–Crippen MR) is 128 cm³/mol. The third-order valence-electron chi connectivity index (χ3n) is 6.62. The summed E-state index contributed by atoms with van der Waals surface area (Å²) >= 11 is 0. The number of anilines is 1. The minimum absolute atomic E-state index is 0.0567.